The van der Waals surface area contributed by atoms with E-state index in [1.54, 1.807) is 23.7 Å². The van der Waals surface area contributed by atoms with Gasteiger partial charge in [-0.1, -0.05) is 0 Å². The number of anilines is 1. The van der Waals surface area contributed by atoms with Gasteiger partial charge in [-0.2, -0.15) is 0 Å². The highest BCUT2D eigenvalue weighted by atomic mass is 32.1. The molecule has 0 saturated carbocycles. The third-order valence-electron chi connectivity index (χ3n) is 4.49. The largest absolute Gasteiger partial charge is 0.372 e. The molecule has 0 unspecified atom stereocenters. The Morgan fingerprint density at radius 3 is 2.96 bits per heavy atom. The number of hydrogen-bond acceptors (Lipinski definition) is 5. The smallest absolute Gasteiger partial charge is 0.227 e. The van der Waals surface area contributed by atoms with Crippen molar-refractivity contribution >= 4 is 23.1 Å². The number of rotatable bonds is 5. The molecule has 1 saturated heterocycles. The number of amides is 1. The number of carbonyl (C=O) groups excluding carboxylic acids is 1. The first-order chi connectivity index (χ1) is 11.7. The number of nitrogens with one attached hydrogen (secondary N) is 1. The Labute approximate surface area is 147 Å². The van der Waals surface area contributed by atoms with Gasteiger partial charge in [-0.15, -0.1) is 11.3 Å². The summed E-state index contributed by atoms with van der Waals surface area (Å²) in [5.74, 6) is 1.54. The van der Waals surface area contributed by atoms with Crippen molar-refractivity contribution < 1.29 is 4.79 Å². The topological polar surface area (TPSA) is 58.1 Å². The number of thiophene rings is 1. The minimum atomic E-state index is 0.245. The van der Waals surface area contributed by atoms with Gasteiger partial charge in [0.25, 0.3) is 0 Å². The Hall–Kier alpha value is -1.95. The lowest BCUT2D eigenvalue weighted by Crippen LogP contribution is -2.41. The monoisotopic (exact) mass is 344 g/mol. The molecule has 0 bridgehead atoms. The fraction of sp³-hybridized carbons (Fsp3) is 0.500. The van der Waals surface area contributed by atoms with E-state index in [1.165, 1.54) is 4.88 Å². The van der Waals surface area contributed by atoms with Crippen LogP contribution in [0.1, 0.15) is 28.3 Å². The highest BCUT2D eigenvalue weighted by molar-refractivity contribution is 7.12. The molecular weight excluding hydrogens is 320 g/mol. The van der Waals surface area contributed by atoms with Crippen molar-refractivity contribution in [2.75, 3.05) is 25.5 Å². The van der Waals surface area contributed by atoms with Gasteiger partial charge in [-0.3, -0.25) is 9.78 Å². The van der Waals surface area contributed by atoms with Crippen LogP contribution in [0.5, 0.6) is 0 Å². The maximum Gasteiger partial charge on any atom is 0.227 e. The zero-order valence-corrected chi connectivity index (χ0v) is 15.1. The Morgan fingerprint density at radius 2 is 2.21 bits per heavy atom. The quantitative estimate of drug-likeness (QED) is 0.906. The molecule has 1 amide bonds. The summed E-state index contributed by atoms with van der Waals surface area (Å²) in [4.78, 5) is 25.8. The molecule has 0 aromatic carbocycles. The molecule has 2 aromatic heterocycles. The van der Waals surface area contributed by atoms with Crippen molar-refractivity contribution in [3.05, 3.63) is 40.0 Å². The maximum absolute atomic E-state index is 12.6. The fourth-order valence-electron chi connectivity index (χ4n) is 3.30. The van der Waals surface area contributed by atoms with Crippen LogP contribution in [0, 0.1) is 12.8 Å². The minimum Gasteiger partial charge on any atom is -0.372 e. The van der Waals surface area contributed by atoms with Crippen LogP contribution in [0.4, 0.5) is 5.82 Å². The van der Waals surface area contributed by atoms with Crippen LogP contribution in [-0.4, -0.2) is 40.9 Å². The van der Waals surface area contributed by atoms with E-state index < -0.39 is 0 Å². The molecule has 1 fully saturated rings. The number of piperidine rings is 1. The molecule has 6 heteroatoms. The summed E-state index contributed by atoms with van der Waals surface area (Å²) >= 11 is 1.71. The van der Waals surface area contributed by atoms with Gasteiger partial charge in [0.15, 0.2) is 0 Å². The number of carbonyl (C=O) groups is 1. The van der Waals surface area contributed by atoms with Gasteiger partial charge in [0.05, 0.1) is 12.1 Å². The molecule has 5 nitrogen and oxygen atoms in total. The lowest BCUT2D eigenvalue weighted by atomic mass is 9.93. The molecule has 0 radical (unpaired) electrons. The van der Waals surface area contributed by atoms with Gasteiger partial charge in [-0.25, -0.2) is 4.98 Å². The first-order valence-corrected chi connectivity index (χ1v) is 9.28. The van der Waals surface area contributed by atoms with Crippen LogP contribution < -0.4 is 5.32 Å². The van der Waals surface area contributed by atoms with Crippen molar-refractivity contribution in [3.8, 4) is 0 Å². The summed E-state index contributed by atoms with van der Waals surface area (Å²) in [7, 11) is 1.87. The van der Waals surface area contributed by atoms with E-state index >= 15 is 0 Å². The van der Waals surface area contributed by atoms with Crippen LogP contribution >= 0.6 is 11.3 Å². The average molecular weight is 344 g/mol. The van der Waals surface area contributed by atoms with Crippen LogP contribution in [-0.2, 0) is 17.6 Å². The Bertz CT molecular complexity index is 700. The molecule has 1 aliphatic heterocycles. The zero-order valence-electron chi connectivity index (χ0n) is 14.3. The molecule has 3 rings (SSSR count). The first kappa shape index (κ1) is 16.9. The zero-order chi connectivity index (χ0) is 16.9. The molecule has 0 spiro atoms. The standard InChI is InChI=1S/C18H24N4OS/c1-13-5-6-15(24-13)11-17(23)22-9-3-4-14(12-22)10-16-18(19-2)21-8-7-20-16/h5-8,14H,3-4,9-12H2,1-2H3,(H,19,21)/t14-/m1/s1. The van der Waals surface area contributed by atoms with Gasteiger partial charge in [0.2, 0.25) is 5.91 Å². The second kappa shape index (κ2) is 7.75. The van der Waals surface area contributed by atoms with E-state index in [0.717, 1.165) is 48.7 Å². The van der Waals surface area contributed by atoms with Crippen molar-refractivity contribution in [2.45, 2.75) is 32.6 Å². The lowest BCUT2D eigenvalue weighted by Gasteiger charge is -2.33. The van der Waals surface area contributed by atoms with E-state index in [4.69, 9.17) is 0 Å². The van der Waals surface area contributed by atoms with E-state index in [2.05, 4.69) is 34.3 Å². The van der Waals surface area contributed by atoms with Gasteiger partial charge in [0.1, 0.15) is 5.82 Å². The molecule has 128 valence electrons. The second-order valence-corrected chi connectivity index (χ2v) is 7.72. The molecule has 24 heavy (non-hydrogen) atoms. The van der Waals surface area contributed by atoms with Crippen LogP contribution in [0.15, 0.2) is 24.5 Å². The number of nitrogens with zero attached hydrogens (tertiary/aromatic N) is 3. The van der Waals surface area contributed by atoms with E-state index in [-0.39, 0.29) is 5.91 Å². The number of likely N-dealkylation sites (tertiary alicyclic amines) is 1. The minimum absolute atomic E-state index is 0.245. The van der Waals surface area contributed by atoms with Crippen LogP contribution in [0.25, 0.3) is 0 Å². The maximum atomic E-state index is 12.6. The van der Waals surface area contributed by atoms with E-state index in [0.29, 0.717) is 12.3 Å². The van der Waals surface area contributed by atoms with Crippen molar-refractivity contribution in [1.29, 1.82) is 0 Å². The summed E-state index contributed by atoms with van der Waals surface area (Å²) in [5.41, 5.74) is 0.994. The molecule has 1 aliphatic rings. The van der Waals surface area contributed by atoms with Crippen molar-refractivity contribution in [3.63, 3.8) is 0 Å². The molecule has 1 atom stereocenters. The SMILES string of the molecule is CNc1nccnc1C[C@H]1CCCN(C(=O)Cc2ccc(C)s2)C1. The summed E-state index contributed by atoms with van der Waals surface area (Å²) < 4.78 is 0. The second-order valence-electron chi connectivity index (χ2n) is 6.34. The lowest BCUT2D eigenvalue weighted by molar-refractivity contribution is -0.132. The molecule has 0 aliphatic carbocycles. The fourth-order valence-corrected chi connectivity index (χ4v) is 4.18. The summed E-state index contributed by atoms with van der Waals surface area (Å²) in [5, 5.41) is 3.10. The highest BCUT2D eigenvalue weighted by Crippen LogP contribution is 2.24. The van der Waals surface area contributed by atoms with Crippen LogP contribution in [0.3, 0.4) is 0 Å². The highest BCUT2D eigenvalue weighted by Gasteiger charge is 2.25. The van der Waals surface area contributed by atoms with E-state index in [1.807, 2.05) is 11.9 Å². The Balaban J connectivity index is 1.60. The van der Waals surface area contributed by atoms with Gasteiger partial charge >= 0.3 is 0 Å². The number of aromatic nitrogens is 2. The third-order valence-corrected chi connectivity index (χ3v) is 5.49. The summed E-state index contributed by atoms with van der Waals surface area (Å²) in [6.07, 6.45) is 7.04. The summed E-state index contributed by atoms with van der Waals surface area (Å²) in [6.45, 7) is 3.78. The number of hydrogen-bond donors (Lipinski definition) is 1. The average Bonchev–Trinajstić information content (AvgIpc) is 3.00. The van der Waals surface area contributed by atoms with Crippen molar-refractivity contribution in [2.24, 2.45) is 5.92 Å². The molecule has 3 heterocycles. The third kappa shape index (κ3) is 4.12. The predicted octanol–water partition coefficient (Wildman–Crippen LogP) is 2.91. The molecule has 1 N–H and O–H groups in total. The van der Waals surface area contributed by atoms with Gasteiger partial charge in [-0.05, 0) is 44.2 Å². The Morgan fingerprint density at radius 1 is 1.38 bits per heavy atom. The first-order valence-electron chi connectivity index (χ1n) is 8.46. The van der Waals surface area contributed by atoms with E-state index in [9.17, 15) is 4.79 Å². The Kier molecular flexibility index (Phi) is 5.45. The van der Waals surface area contributed by atoms with Gasteiger partial charge in [0, 0.05) is 42.3 Å². The normalized spacial score (nSPS) is 17.8. The predicted molar refractivity (Wildman–Crippen MR) is 97.3 cm³/mol. The molecule has 2 aromatic rings. The summed E-state index contributed by atoms with van der Waals surface area (Å²) in [6, 6.07) is 4.15. The van der Waals surface area contributed by atoms with Gasteiger partial charge < -0.3 is 10.2 Å². The number of aryl methyl sites for hydroxylation is 1. The van der Waals surface area contributed by atoms with Crippen molar-refractivity contribution in [1.82, 2.24) is 14.9 Å². The van der Waals surface area contributed by atoms with Crippen LogP contribution in [0.2, 0.25) is 0 Å². The molecular formula is C18H24N4OS.